The molecule has 0 fully saturated rings. The summed E-state index contributed by atoms with van der Waals surface area (Å²) in [6.07, 6.45) is 3.69. The number of nitrogens with one attached hydrogen (secondary N) is 2. The second kappa shape index (κ2) is 11.6. The molecule has 0 radical (unpaired) electrons. The Morgan fingerprint density at radius 1 is 0.944 bits per heavy atom. The lowest BCUT2D eigenvalue weighted by molar-refractivity contribution is -0.115. The molecule has 0 aliphatic heterocycles. The van der Waals surface area contributed by atoms with Crippen LogP contribution in [0.5, 0.6) is 0 Å². The van der Waals surface area contributed by atoms with Crippen molar-refractivity contribution in [1.82, 2.24) is 25.6 Å². The minimum atomic E-state index is -0.0682. The van der Waals surface area contributed by atoms with Gasteiger partial charge in [-0.2, -0.15) is 0 Å². The van der Waals surface area contributed by atoms with E-state index in [4.69, 9.17) is 0 Å². The fourth-order valence-corrected chi connectivity index (χ4v) is 4.33. The van der Waals surface area contributed by atoms with Gasteiger partial charge in [-0.15, -0.1) is 5.10 Å². The normalized spacial score (nSPS) is 11.2. The summed E-state index contributed by atoms with van der Waals surface area (Å²) in [5.74, 6) is 1.48. The molecule has 36 heavy (non-hydrogen) atoms. The molecule has 0 saturated heterocycles. The number of hydrogen-bond donors (Lipinski definition) is 2. The number of rotatable bonds is 10. The van der Waals surface area contributed by atoms with Crippen LogP contribution in [-0.2, 0) is 11.2 Å². The number of aromatic nitrogens is 5. The summed E-state index contributed by atoms with van der Waals surface area (Å²) in [6, 6.07) is 18.0. The monoisotopic (exact) mass is 483 g/mol. The van der Waals surface area contributed by atoms with E-state index in [-0.39, 0.29) is 12.3 Å². The molecule has 2 N–H and O–H groups in total. The Balaban J connectivity index is 1.75. The van der Waals surface area contributed by atoms with Gasteiger partial charge in [0.1, 0.15) is 0 Å². The van der Waals surface area contributed by atoms with E-state index in [0.29, 0.717) is 17.7 Å². The van der Waals surface area contributed by atoms with Gasteiger partial charge in [-0.3, -0.25) is 9.78 Å². The molecule has 0 aliphatic carbocycles. The third kappa shape index (κ3) is 6.33. The number of aromatic amines is 1. The molecule has 2 aromatic carbocycles. The number of pyridine rings is 1. The largest absolute Gasteiger partial charge is 0.369 e. The molecule has 2 aromatic heterocycles. The number of carbonyl (C=O) groups excluding carboxylic acids is 1. The lowest BCUT2D eigenvalue weighted by Gasteiger charge is -2.31. The van der Waals surface area contributed by atoms with E-state index >= 15 is 0 Å². The molecule has 0 aliphatic rings. The Labute approximate surface area is 212 Å². The van der Waals surface area contributed by atoms with E-state index in [1.165, 1.54) is 0 Å². The standard InChI is InChI=1S/C28H33N7O/c1-19(2)17-35(18-20(3)4)26-10-9-22(23-7-5-6-8-24(23)28-31-33-34-32-28)16-25(26)30-27(36)15-21-11-13-29-14-12-21/h5-14,16,19-20H,15,17-18H2,1-4H3,(H,30,36)(H,31,32,33,34). The molecule has 0 spiro atoms. The van der Waals surface area contributed by atoms with Gasteiger partial charge in [-0.1, -0.05) is 58.0 Å². The maximum atomic E-state index is 13.1. The van der Waals surface area contributed by atoms with Gasteiger partial charge in [0.25, 0.3) is 0 Å². The highest BCUT2D eigenvalue weighted by Gasteiger charge is 2.18. The predicted octanol–water partition coefficient (Wildman–Crippen LogP) is 5.23. The third-order valence-corrected chi connectivity index (χ3v) is 5.73. The quantitative estimate of drug-likeness (QED) is 0.320. The van der Waals surface area contributed by atoms with Crippen molar-refractivity contribution in [2.75, 3.05) is 23.3 Å². The minimum Gasteiger partial charge on any atom is -0.369 e. The number of H-pyrrole nitrogens is 1. The van der Waals surface area contributed by atoms with E-state index in [2.05, 4.69) is 81.7 Å². The van der Waals surface area contributed by atoms with Crippen molar-refractivity contribution >= 4 is 17.3 Å². The Bertz CT molecular complexity index is 1260. The van der Waals surface area contributed by atoms with Crippen LogP contribution < -0.4 is 10.2 Å². The van der Waals surface area contributed by atoms with Crippen molar-refractivity contribution in [2.24, 2.45) is 11.8 Å². The van der Waals surface area contributed by atoms with Gasteiger partial charge in [-0.05, 0) is 63.2 Å². The van der Waals surface area contributed by atoms with Crippen molar-refractivity contribution in [3.63, 3.8) is 0 Å². The van der Waals surface area contributed by atoms with Crippen molar-refractivity contribution in [3.8, 4) is 22.5 Å². The third-order valence-electron chi connectivity index (χ3n) is 5.73. The van der Waals surface area contributed by atoms with Crippen LogP contribution in [-0.4, -0.2) is 44.6 Å². The molecule has 1 amide bonds. The van der Waals surface area contributed by atoms with Gasteiger partial charge < -0.3 is 10.2 Å². The number of amides is 1. The highest BCUT2D eigenvalue weighted by Crippen LogP contribution is 2.36. The van der Waals surface area contributed by atoms with Crippen molar-refractivity contribution in [3.05, 3.63) is 72.6 Å². The first-order valence-corrected chi connectivity index (χ1v) is 12.3. The molecule has 8 heteroatoms. The van der Waals surface area contributed by atoms with Gasteiger partial charge in [0.05, 0.1) is 17.8 Å². The second-order valence-electron chi connectivity index (χ2n) is 9.80. The minimum absolute atomic E-state index is 0.0682. The first-order chi connectivity index (χ1) is 17.4. The number of nitrogens with zero attached hydrogens (tertiary/aromatic N) is 5. The lowest BCUT2D eigenvalue weighted by atomic mass is 9.97. The summed E-state index contributed by atoms with van der Waals surface area (Å²) >= 11 is 0. The van der Waals surface area contributed by atoms with Crippen LogP contribution in [0.3, 0.4) is 0 Å². The number of hydrogen-bond acceptors (Lipinski definition) is 6. The zero-order chi connectivity index (χ0) is 25.5. The molecule has 0 unspecified atom stereocenters. The average Bonchev–Trinajstić information content (AvgIpc) is 3.38. The summed E-state index contributed by atoms with van der Waals surface area (Å²) < 4.78 is 0. The van der Waals surface area contributed by atoms with E-state index in [1.807, 2.05) is 36.4 Å². The van der Waals surface area contributed by atoms with Crippen LogP contribution in [0.15, 0.2) is 67.0 Å². The summed E-state index contributed by atoms with van der Waals surface area (Å²) in [5, 5.41) is 17.6. The molecular weight excluding hydrogens is 450 g/mol. The van der Waals surface area contributed by atoms with E-state index in [1.54, 1.807) is 12.4 Å². The first-order valence-electron chi connectivity index (χ1n) is 12.3. The fraction of sp³-hybridized carbons (Fsp3) is 0.321. The van der Waals surface area contributed by atoms with Crippen LogP contribution >= 0.6 is 0 Å². The van der Waals surface area contributed by atoms with Crippen molar-refractivity contribution in [2.45, 2.75) is 34.1 Å². The van der Waals surface area contributed by atoms with Crippen LogP contribution in [0.4, 0.5) is 11.4 Å². The number of carbonyl (C=O) groups is 1. The molecule has 4 aromatic rings. The molecule has 0 bridgehead atoms. The maximum absolute atomic E-state index is 13.1. The molecule has 0 saturated carbocycles. The van der Waals surface area contributed by atoms with Gasteiger partial charge in [0.15, 0.2) is 5.82 Å². The van der Waals surface area contributed by atoms with Crippen LogP contribution in [0.1, 0.15) is 33.3 Å². The molecule has 2 heterocycles. The zero-order valence-corrected chi connectivity index (χ0v) is 21.3. The first kappa shape index (κ1) is 25.0. The smallest absolute Gasteiger partial charge is 0.228 e. The topological polar surface area (TPSA) is 99.7 Å². The molecule has 0 atom stereocenters. The molecule has 8 nitrogen and oxygen atoms in total. The zero-order valence-electron chi connectivity index (χ0n) is 21.3. The lowest BCUT2D eigenvalue weighted by Crippen LogP contribution is -2.32. The second-order valence-corrected chi connectivity index (χ2v) is 9.80. The van der Waals surface area contributed by atoms with E-state index < -0.39 is 0 Å². The summed E-state index contributed by atoms with van der Waals surface area (Å²) in [4.78, 5) is 19.5. The van der Waals surface area contributed by atoms with Crippen LogP contribution in [0, 0.1) is 11.8 Å². The fourth-order valence-electron chi connectivity index (χ4n) is 4.33. The van der Waals surface area contributed by atoms with Crippen LogP contribution in [0.2, 0.25) is 0 Å². The van der Waals surface area contributed by atoms with Crippen LogP contribution in [0.25, 0.3) is 22.5 Å². The van der Waals surface area contributed by atoms with Gasteiger partial charge in [0.2, 0.25) is 5.91 Å². The molecular formula is C28H33N7O. The number of tetrazole rings is 1. The highest BCUT2D eigenvalue weighted by molar-refractivity contribution is 5.97. The number of benzene rings is 2. The Morgan fingerprint density at radius 2 is 1.64 bits per heavy atom. The van der Waals surface area contributed by atoms with Gasteiger partial charge in [0, 0.05) is 31.0 Å². The van der Waals surface area contributed by atoms with E-state index in [0.717, 1.165) is 46.7 Å². The van der Waals surface area contributed by atoms with Crippen molar-refractivity contribution in [1.29, 1.82) is 0 Å². The Morgan fingerprint density at radius 3 is 2.28 bits per heavy atom. The summed E-state index contributed by atoms with van der Waals surface area (Å²) in [5.41, 5.74) is 5.57. The summed E-state index contributed by atoms with van der Waals surface area (Å²) in [7, 11) is 0. The Hall–Kier alpha value is -4.07. The highest BCUT2D eigenvalue weighted by atomic mass is 16.1. The van der Waals surface area contributed by atoms with Gasteiger partial charge in [-0.25, -0.2) is 5.10 Å². The SMILES string of the molecule is CC(C)CN(CC(C)C)c1ccc(-c2ccccc2-c2nnn[nH]2)cc1NC(=O)Cc1ccncc1. The molecule has 4 rings (SSSR count). The van der Waals surface area contributed by atoms with Crippen molar-refractivity contribution < 1.29 is 4.79 Å². The van der Waals surface area contributed by atoms with E-state index in [9.17, 15) is 4.79 Å². The van der Waals surface area contributed by atoms with Gasteiger partial charge >= 0.3 is 0 Å². The maximum Gasteiger partial charge on any atom is 0.228 e. The Kier molecular flexibility index (Phi) is 8.05. The summed E-state index contributed by atoms with van der Waals surface area (Å²) in [6.45, 7) is 10.6. The number of anilines is 2. The molecule has 186 valence electrons. The predicted molar refractivity (Wildman–Crippen MR) is 144 cm³/mol. The average molecular weight is 484 g/mol.